The smallest absolute Gasteiger partial charge is 0.221 e. The average Bonchev–Trinajstić information content (AvgIpc) is 3.30. The summed E-state index contributed by atoms with van der Waals surface area (Å²) < 4.78 is 1.85. The predicted molar refractivity (Wildman–Crippen MR) is 93.8 cm³/mol. The number of hydrogen-bond donors (Lipinski definition) is 2. The highest BCUT2D eigenvalue weighted by Gasteiger charge is 2.19. The minimum Gasteiger partial charge on any atom is -0.369 e. The Hall–Kier alpha value is -2.66. The van der Waals surface area contributed by atoms with Crippen LogP contribution >= 0.6 is 0 Å². The molecule has 1 saturated carbocycles. The Kier molecular flexibility index (Phi) is 3.78. The molecule has 0 bridgehead atoms. The van der Waals surface area contributed by atoms with E-state index in [1.165, 1.54) is 18.4 Å². The van der Waals surface area contributed by atoms with Crippen molar-refractivity contribution in [3.8, 4) is 5.69 Å². The zero-order valence-corrected chi connectivity index (χ0v) is 13.4. The minimum atomic E-state index is -0.343. The molecule has 1 aliphatic rings. The standard InChI is InChI=1S/C19H20N4O/c20-18(24)10-14-2-1-3-15-12-23(22-19(14)15)17-8-4-13(5-9-17)11-21-16-6-7-16/h1-5,8-9,12,16,21H,6-7,10-11H2,(H2,20,24). The summed E-state index contributed by atoms with van der Waals surface area (Å²) in [6, 6.07) is 14.9. The molecule has 1 aliphatic carbocycles. The molecule has 1 fully saturated rings. The first kappa shape index (κ1) is 14.9. The lowest BCUT2D eigenvalue weighted by molar-refractivity contribution is -0.117. The molecule has 122 valence electrons. The zero-order valence-electron chi connectivity index (χ0n) is 13.4. The van der Waals surface area contributed by atoms with Gasteiger partial charge in [-0.2, -0.15) is 5.10 Å². The van der Waals surface area contributed by atoms with Crippen LogP contribution in [0.4, 0.5) is 0 Å². The molecule has 0 atom stereocenters. The van der Waals surface area contributed by atoms with Crippen LogP contribution in [0.5, 0.6) is 0 Å². The van der Waals surface area contributed by atoms with Crippen LogP contribution < -0.4 is 11.1 Å². The number of fused-ring (bicyclic) bond motifs is 1. The van der Waals surface area contributed by atoms with E-state index in [2.05, 4.69) is 34.7 Å². The molecule has 1 heterocycles. The van der Waals surface area contributed by atoms with Gasteiger partial charge in [-0.25, -0.2) is 4.68 Å². The van der Waals surface area contributed by atoms with Crippen molar-refractivity contribution in [1.82, 2.24) is 15.1 Å². The van der Waals surface area contributed by atoms with E-state index in [0.717, 1.165) is 28.7 Å². The Balaban J connectivity index is 1.59. The Morgan fingerprint density at radius 2 is 2.00 bits per heavy atom. The number of nitrogens with one attached hydrogen (secondary N) is 1. The van der Waals surface area contributed by atoms with Gasteiger partial charge in [-0.3, -0.25) is 4.79 Å². The van der Waals surface area contributed by atoms with Gasteiger partial charge >= 0.3 is 0 Å². The van der Waals surface area contributed by atoms with Gasteiger partial charge in [-0.15, -0.1) is 0 Å². The van der Waals surface area contributed by atoms with Crippen molar-refractivity contribution in [3.63, 3.8) is 0 Å². The minimum absolute atomic E-state index is 0.208. The maximum Gasteiger partial charge on any atom is 0.221 e. The maximum atomic E-state index is 11.2. The van der Waals surface area contributed by atoms with Gasteiger partial charge in [0, 0.05) is 24.2 Å². The lowest BCUT2D eigenvalue weighted by Crippen LogP contribution is -2.15. The summed E-state index contributed by atoms with van der Waals surface area (Å²) in [5.74, 6) is -0.343. The number of primary amides is 1. The first-order chi connectivity index (χ1) is 11.7. The third kappa shape index (κ3) is 3.16. The van der Waals surface area contributed by atoms with Crippen molar-refractivity contribution in [2.75, 3.05) is 0 Å². The molecule has 1 amide bonds. The van der Waals surface area contributed by atoms with Gasteiger partial charge in [0.05, 0.1) is 17.6 Å². The van der Waals surface area contributed by atoms with Crippen molar-refractivity contribution >= 4 is 16.8 Å². The normalized spacial score (nSPS) is 14.2. The van der Waals surface area contributed by atoms with E-state index >= 15 is 0 Å². The molecule has 3 N–H and O–H groups in total. The highest BCUT2D eigenvalue weighted by atomic mass is 16.1. The number of benzene rings is 2. The Labute approximate surface area is 140 Å². The molecule has 0 spiro atoms. The lowest BCUT2D eigenvalue weighted by Gasteiger charge is -2.05. The third-order valence-corrected chi connectivity index (χ3v) is 4.36. The topological polar surface area (TPSA) is 72.9 Å². The highest BCUT2D eigenvalue weighted by molar-refractivity contribution is 5.87. The molecule has 0 aliphatic heterocycles. The van der Waals surface area contributed by atoms with Crippen molar-refractivity contribution < 1.29 is 4.79 Å². The van der Waals surface area contributed by atoms with Gasteiger partial charge < -0.3 is 11.1 Å². The number of nitrogens with zero attached hydrogens (tertiary/aromatic N) is 2. The van der Waals surface area contributed by atoms with Crippen LogP contribution in [-0.2, 0) is 17.8 Å². The molecule has 0 unspecified atom stereocenters. The van der Waals surface area contributed by atoms with E-state index in [1.807, 2.05) is 29.1 Å². The quantitative estimate of drug-likeness (QED) is 0.732. The molecule has 3 aromatic rings. The second-order valence-corrected chi connectivity index (χ2v) is 6.39. The molecule has 2 aromatic carbocycles. The van der Waals surface area contributed by atoms with E-state index in [9.17, 15) is 4.79 Å². The monoisotopic (exact) mass is 320 g/mol. The fourth-order valence-electron chi connectivity index (χ4n) is 2.88. The molecule has 1 aromatic heterocycles. The van der Waals surface area contributed by atoms with Crippen LogP contribution in [-0.4, -0.2) is 21.7 Å². The predicted octanol–water partition coefficient (Wildman–Crippen LogP) is 2.31. The SMILES string of the molecule is NC(=O)Cc1cccc2cn(-c3ccc(CNC4CC4)cc3)nc12. The van der Waals surface area contributed by atoms with Gasteiger partial charge in [-0.05, 0) is 36.1 Å². The summed E-state index contributed by atoms with van der Waals surface area (Å²) in [6.45, 7) is 0.911. The Morgan fingerprint density at radius 3 is 2.71 bits per heavy atom. The van der Waals surface area contributed by atoms with Crippen LogP contribution in [0, 0.1) is 0 Å². The average molecular weight is 320 g/mol. The van der Waals surface area contributed by atoms with Crippen molar-refractivity contribution in [2.45, 2.75) is 31.8 Å². The summed E-state index contributed by atoms with van der Waals surface area (Å²) in [5.41, 5.74) is 9.30. The largest absolute Gasteiger partial charge is 0.369 e. The van der Waals surface area contributed by atoms with Gasteiger partial charge in [0.1, 0.15) is 0 Å². The lowest BCUT2D eigenvalue weighted by atomic mass is 10.1. The highest BCUT2D eigenvalue weighted by Crippen LogP contribution is 2.21. The van der Waals surface area contributed by atoms with Crippen molar-refractivity contribution in [2.24, 2.45) is 5.73 Å². The molecular weight excluding hydrogens is 300 g/mol. The molecule has 4 rings (SSSR count). The number of nitrogens with two attached hydrogens (primary N) is 1. The number of rotatable bonds is 6. The molecule has 5 heteroatoms. The van der Waals surface area contributed by atoms with Gasteiger partial charge in [0.2, 0.25) is 5.91 Å². The van der Waals surface area contributed by atoms with E-state index in [4.69, 9.17) is 5.73 Å². The van der Waals surface area contributed by atoms with E-state index < -0.39 is 0 Å². The third-order valence-electron chi connectivity index (χ3n) is 4.36. The number of aromatic nitrogens is 2. The summed E-state index contributed by atoms with van der Waals surface area (Å²) in [4.78, 5) is 11.2. The number of carbonyl (C=O) groups is 1. The zero-order chi connectivity index (χ0) is 16.5. The van der Waals surface area contributed by atoms with Crippen molar-refractivity contribution in [3.05, 3.63) is 59.8 Å². The van der Waals surface area contributed by atoms with Crippen LogP contribution in [0.3, 0.4) is 0 Å². The molecule has 5 nitrogen and oxygen atoms in total. The van der Waals surface area contributed by atoms with Crippen LogP contribution in [0.1, 0.15) is 24.0 Å². The molecule has 24 heavy (non-hydrogen) atoms. The first-order valence-electron chi connectivity index (χ1n) is 8.27. The van der Waals surface area contributed by atoms with Crippen molar-refractivity contribution in [1.29, 1.82) is 0 Å². The maximum absolute atomic E-state index is 11.2. The van der Waals surface area contributed by atoms with Gasteiger partial charge in [0.15, 0.2) is 0 Å². The summed E-state index contributed by atoms with van der Waals surface area (Å²) in [5, 5.41) is 9.16. The van der Waals surface area contributed by atoms with Crippen LogP contribution in [0.15, 0.2) is 48.7 Å². The fourth-order valence-corrected chi connectivity index (χ4v) is 2.88. The molecule has 0 saturated heterocycles. The number of hydrogen-bond acceptors (Lipinski definition) is 3. The summed E-state index contributed by atoms with van der Waals surface area (Å²) in [7, 11) is 0. The Bertz CT molecular complexity index is 878. The van der Waals surface area contributed by atoms with E-state index in [1.54, 1.807) is 0 Å². The second-order valence-electron chi connectivity index (χ2n) is 6.39. The molecule has 0 radical (unpaired) electrons. The second kappa shape index (κ2) is 6.09. The number of carbonyl (C=O) groups excluding carboxylic acids is 1. The van der Waals surface area contributed by atoms with Crippen LogP contribution in [0.25, 0.3) is 16.6 Å². The first-order valence-corrected chi connectivity index (χ1v) is 8.27. The summed E-state index contributed by atoms with van der Waals surface area (Å²) in [6.07, 6.45) is 4.79. The van der Waals surface area contributed by atoms with Gasteiger partial charge in [-0.1, -0.05) is 30.3 Å². The summed E-state index contributed by atoms with van der Waals surface area (Å²) >= 11 is 0. The van der Waals surface area contributed by atoms with E-state index in [-0.39, 0.29) is 12.3 Å². The Morgan fingerprint density at radius 1 is 1.21 bits per heavy atom. The van der Waals surface area contributed by atoms with E-state index in [0.29, 0.717) is 6.04 Å². The van der Waals surface area contributed by atoms with Gasteiger partial charge in [0.25, 0.3) is 0 Å². The van der Waals surface area contributed by atoms with Crippen LogP contribution in [0.2, 0.25) is 0 Å². The molecular formula is C19H20N4O. The number of amides is 1. The fraction of sp³-hybridized carbons (Fsp3) is 0.263.